The molecule has 3 atom stereocenters. The largest absolute Gasteiger partial charge is 0.496 e. The minimum atomic E-state index is -0.402. The lowest BCUT2D eigenvalue weighted by Gasteiger charge is -2.34. The first kappa shape index (κ1) is 14.4. The molecule has 0 aromatic heterocycles. The molecule has 1 aliphatic rings. The van der Waals surface area contributed by atoms with Crippen LogP contribution in [0.15, 0.2) is 18.2 Å². The summed E-state index contributed by atoms with van der Waals surface area (Å²) in [6.07, 6.45) is 3.11. The zero-order valence-corrected chi connectivity index (χ0v) is 12.5. The lowest BCUT2D eigenvalue weighted by molar-refractivity contribution is 0.0534. The van der Waals surface area contributed by atoms with Gasteiger partial charge in [-0.2, -0.15) is 0 Å². The highest BCUT2D eigenvalue weighted by Gasteiger charge is 2.31. The van der Waals surface area contributed by atoms with E-state index in [1.807, 2.05) is 19.1 Å². The van der Waals surface area contributed by atoms with Crippen molar-refractivity contribution >= 4 is 0 Å². The van der Waals surface area contributed by atoms with Crippen LogP contribution in [-0.4, -0.2) is 12.2 Å². The van der Waals surface area contributed by atoms with E-state index in [2.05, 4.69) is 19.9 Å². The fourth-order valence-electron chi connectivity index (χ4n) is 3.58. The molecular weight excluding hydrogens is 236 g/mol. The summed E-state index contributed by atoms with van der Waals surface area (Å²) in [5, 5.41) is 10.7. The Labute approximate surface area is 116 Å². The minimum Gasteiger partial charge on any atom is -0.496 e. The number of hydrogen-bond acceptors (Lipinski definition) is 2. The standard InChI is InChI=1S/C17H26O2/c1-11-5-6-15(16(10-11)19-4)17(18)14-8-12(2)7-13(3)9-14/h5-6,10,12-14,17-18H,7-9H2,1-4H3. The van der Waals surface area contributed by atoms with E-state index in [1.165, 1.54) is 6.42 Å². The number of rotatable bonds is 3. The Balaban J connectivity index is 2.21. The number of aliphatic hydroxyl groups excluding tert-OH is 1. The Morgan fingerprint density at radius 3 is 2.37 bits per heavy atom. The van der Waals surface area contributed by atoms with E-state index >= 15 is 0 Å². The first-order chi connectivity index (χ1) is 9.01. The van der Waals surface area contributed by atoms with Crippen molar-refractivity contribution < 1.29 is 9.84 Å². The van der Waals surface area contributed by atoms with Crippen LogP contribution in [0.3, 0.4) is 0 Å². The molecular formula is C17H26O2. The van der Waals surface area contributed by atoms with Crippen molar-refractivity contribution in [1.29, 1.82) is 0 Å². The Hall–Kier alpha value is -1.02. The van der Waals surface area contributed by atoms with Gasteiger partial charge in [-0.3, -0.25) is 0 Å². The van der Waals surface area contributed by atoms with Crippen LogP contribution in [0.25, 0.3) is 0 Å². The Morgan fingerprint density at radius 2 is 1.79 bits per heavy atom. The Kier molecular flexibility index (Phi) is 4.51. The summed E-state index contributed by atoms with van der Waals surface area (Å²) in [6.45, 7) is 6.63. The number of ether oxygens (including phenoxy) is 1. The smallest absolute Gasteiger partial charge is 0.124 e. The predicted octanol–water partition coefficient (Wildman–Crippen LogP) is 4.11. The van der Waals surface area contributed by atoms with E-state index in [1.54, 1.807) is 7.11 Å². The van der Waals surface area contributed by atoms with Gasteiger partial charge in [0.1, 0.15) is 5.75 Å². The van der Waals surface area contributed by atoms with Crippen molar-refractivity contribution in [2.75, 3.05) is 7.11 Å². The number of methoxy groups -OCH3 is 1. The highest BCUT2D eigenvalue weighted by atomic mass is 16.5. The second kappa shape index (κ2) is 5.96. The van der Waals surface area contributed by atoms with Gasteiger partial charge in [0.15, 0.2) is 0 Å². The summed E-state index contributed by atoms with van der Waals surface area (Å²) in [5.74, 6) is 2.59. The lowest BCUT2D eigenvalue weighted by atomic mass is 9.73. The van der Waals surface area contributed by atoms with Gasteiger partial charge in [-0.1, -0.05) is 26.0 Å². The second-order valence-corrected chi connectivity index (χ2v) is 6.37. The molecule has 1 saturated carbocycles. The van der Waals surface area contributed by atoms with E-state index in [-0.39, 0.29) is 0 Å². The normalized spacial score (nSPS) is 29.0. The molecule has 0 amide bonds. The van der Waals surface area contributed by atoms with Crippen molar-refractivity contribution in [3.05, 3.63) is 29.3 Å². The molecule has 1 fully saturated rings. The summed E-state index contributed by atoms with van der Waals surface area (Å²) in [5.41, 5.74) is 2.11. The molecule has 2 rings (SSSR count). The molecule has 1 aromatic carbocycles. The van der Waals surface area contributed by atoms with Crippen LogP contribution >= 0.6 is 0 Å². The third-order valence-corrected chi connectivity index (χ3v) is 4.37. The third kappa shape index (κ3) is 3.30. The van der Waals surface area contributed by atoms with Gasteiger partial charge >= 0.3 is 0 Å². The fourth-order valence-corrected chi connectivity index (χ4v) is 3.58. The molecule has 0 aliphatic heterocycles. The second-order valence-electron chi connectivity index (χ2n) is 6.37. The molecule has 3 unspecified atom stereocenters. The van der Waals surface area contributed by atoms with Gasteiger partial charge in [-0.05, 0) is 55.6 Å². The minimum absolute atomic E-state index is 0.357. The SMILES string of the molecule is COc1cc(C)ccc1C(O)C1CC(C)CC(C)C1. The monoisotopic (exact) mass is 262 g/mol. The Morgan fingerprint density at radius 1 is 1.16 bits per heavy atom. The van der Waals surface area contributed by atoms with E-state index < -0.39 is 6.10 Å². The lowest BCUT2D eigenvalue weighted by Crippen LogP contribution is -2.25. The van der Waals surface area contributed by atoms with Crippen LogP contribution in [0.2, 0.25) is 0 Å². The maximum Gasteiger partial charge on any atom is 0.124 e. The quantitative estimate of drug-likeness (QED) is 0.888. The fraction of sp³-hybridized carbons (Fsp3) is 0.647. The number of hydrogen-bond donors (Lipinski definition) is 1. The summed E-state index contributed by atoms with van der Waals surface area (Å²) in [4.78, 5) is 0. The van der Waals surface area contributed by atoms with Gasteiger partial charge in [0, 0.05) is 5.56 Å². The number of benzene rings is 1. The zero-order chi connectivity index (χ0) is 14.0. The molecule has 2 heteroatoms. The predicted molar refractivity (Wildman–Crippen MR) is 78.4 cm³/mol. The first-order valence-corrected chi connectivity index (χ1v) is 7.33. The molecule has 1 N–H and O–H groups in total. The van der Waals surface area contributed by atoms with Crippen LogP contribution in [0.1, 0.15) is 50.3 Å². The molecule has 0 bridgehead atoms. The summed E-state index contributed by atoms with van der Waals surface area (Å²) >= 11 is 0. The van der Waals surface area contributed by atoms with Crippen molar-refractivity contribution in [3.8, 4) is 5.75 Å². The Bertz CT molecular complexity index is 417. The van der Waals surface area contributed by atoms with Crippen molar-refractivity contribution in [3.63, 3.8) is 0 Å². The van der Waals surface area contributed by atoms with Crippen LogP contribution < -0.4 is 4.74 Å². The molecule has 19 heavy (non-hydrogen) atoms. The highest BCUT2D eigenvalue weighted by molar-refractivity contribution is 5.38. The van der Waals surface area contributed by atoms with Gasteiger partial charge < -0.3 is 9.84 Å². The molecule has 0 radical (unpaired) electrons. The topological polar surface area (TPSA) is 29.5 Å². The van der Waals surface area contributed by atoms with Crippen LogP contribution in [0.5, 0.6) is 5.75 Å². The first-order valence-electron chi connectivity index (χ1n) is 7.33. The van der Waals surface area contributed by atoms with Crippen LogP contribution in [0.4, 0.5) is 0 Å². The summed E-state index contributed by atoms with van der Waals surface area (Å²) in [7, 11) is 1.68. The van der Waals surface area contributed by atoms with E-state index in [0.717, 1.165) is 29.7 Å². The number of aliphatic hydroxyl groups is 1. The molecule has 0 heterocycles. The molecule has 1 aromatic rings. The highest BCUT2D eigenvalue weighted by Crippen LogP contribution is 2.41. The van der Waals surface area contributed by atoms with Crippen LogP contribution in [-0.2, 0) is 0 Å². The van der Waals surface area contributed by atoms with Gasteiger partial charge in [0.2, 0.25) is 0 Å². The van der Waals surface area contributed by atoms with Crippen LogP contribution in [0, 0.1) is 24.7 Å². The number of aryl methyl sites for hydroxylation is 1. The molecule has 0 saturated heterocycles. The van der Waals surface area contributed by atoms with Gasteiger partial charge in [-0.15, -0.1) is 0 Å². The molecule has 0 spiro atoms. The van der Waals surface area contributed by atoms with Crippen molar-refractivity contribution in [1.82, 2.24) is 0 Å². The van der Waals surface area contributed by atoms with E-state index in [0.29, 0.717) is 17.8 Å². The van der Waals surface area contributed by atoms with E-state index in [9.17, 15) is 5.11 Å². The average molecular weight is 262 g/mol. The molecule has 1 aliphatic carbocycles. The zero-order valence-electron chi connectivity index (χ0n) is 12.5. The van der Waals surface area contributed by atoms with E-state index in [4.69, 9.17) is 4.74 Å². The third-order valence-electron chi connectivity index (χ3n) is 4.37. The van der Waals surface area contributed by atoms with Gasteiger partial charge in [-0.25, -0.2) is 0 Å². The summed E-state index contributed by atoms with van der Waals surface area (Å²) in [6, 6.07) is 6.08. The maximum atomic E-state index is 10.7. The van der Waals surface area contributed by atoms with Crippen molar-refractivity contribution in [2.45, 2.75) is 46.1 Å². The van der Waals surface area contributed by atoms with Crippen molar-refractivity contribution in [2.24, 2.45) is 17.8 Å². The molecule has 2 nitrogen and oxygen atoms in total. The average Bonchev–Trinajstić information content (AvgIpc) is 2.36. The van der Waals surface area contributed by atoms with Gasteiger partial charge in [0.25, 0.3) is 0 Å². The molecule has 106 valence electrons. The van der Waals surface area contributed by atoms with Gasteiger partial charge in [0.05, 0.1) is 13.2 Å². The summed E-state index contributed by atoms with van der Waals surface area (Å²) < 4.78 is 5.43. The maximum absolute atomic E-state index is 10.7.